The van der Waals surface area contributed by atoms with Crippen LogP contribution in [0.15, 0.2) is 41.8 Å². The number of rotatable bonds is 4. The first kappa shape index (κ1) is 12.3. The van der Waals surface area contributed by atoms with Crippen LogP contribution in [-0.2, 0) is 6.42 Å². The van der Waals surface area contributed by atoms with Gasteiger partial charge in [-0.25, -0.2) is 0 Å². The maximum Gasteiger partial charge on any atom is 0.118 e. The van der Waals surface area contributed by atoms with E-state index in [0.29, 0.717) is 0 Å². The quantitative estimate of drug-likeness (QED) is 0.731. The molecule has 0 bridgehead atoms. The minimum atomic E-state index is 0.799. The molecule has 0 amide bonds. The fourth-order valence-corrected chi connectivity index (χ4v) is 3.40. The Morgan fingerprint density at radius 2 is 2.00 bits per heavy atom. The molecule has 3 nitrogen and oxygen atoms in total. The van der Waals surface area contributed by atoms with Crippen molar-refractivity contribution in [3.05, 3.63) is 53.0 Å². The van der Waals surface area contributed by atoms with E-state index in [1.165, 1.54) is 26.9 Å². The van der Waals surface area contributed by atoms with Crippen molar-refractivity contribution in [2.45, 2.75) is 6.42 Å². The molecule has 3 aromatic rings. The second-order valence-electron chi connectivity index (χ2n) is 4.05. The van der Waals surface area contributed by atoms with Crippen LogP contribution >= 0.6 is 22.9 Å². The first-order valence-corrected chi connectivity index (χ1v) is 7.50. The van der Waals surface area contributed by atoms with Crippen LogP contribution in [0.1, 0.15) is 11.3 Å². The second kappa shape index (κ2) is 5.50. The monoisotopic (exact) mass is 288 g/mol. The molecule has 0 atom stereocenters. The molecule has 0 aliphatic carbocycles. The average Bonchev–Trinajstić information content (AvgIpc) is 3.10. The van der Waals surface area contributed by atoms with Crippen LogP contribution in [0.5, 0.6) is 5.75 Å². The van der Waals surface area contributed by atoms with Crippen molar-refractivity contribution in [2.75, 3.05) is 7.11 Å². The van der Waals surface area contributed by atoms with E-state index in [1.807, 2.05) is 12.1 Å². The number of aromatic nitrogens is 2. The van der Waals surface area contributed by atoms with Crippen LogP contribution in [0.2, 0.25) is 0 Å². The molecule has 0 fully saturated rings. The third-order valence-corrected chi connectivity index (χ3v) is 4.65. The lowest BCUT2D eigenvalue weighted by Gasteiger charge is -2.02. The van der Waals surface area contributed by atoms with Crippen molar-refractivity contribution in [2.24, 2.45) is 0 Å². The number of thiophene rings is 1. The van der Waals surface area contributed by atoms with Gasteiger partial charge in [0.2, 0.25) is 0 Å². The molecule has 0 saturated heterocycles. The molecule has 2 aromatic heterocycles. The molecule has 19 heavy (non-hydrogen) atoms. The highest BCUT2D eigenvalue weighted by molar-refractivity contribution is 7.18. The Labute approximate surface area is 119 Å². The van der Waals surface area contributed by atoms with Crippen molar-refractivity contribution < 1.29 is 4.74 Å². The van der Waals surface area contributed by atoms with E-state index in [9.17, 15) is 0 Å². The van der Waals surface area contributed by atoms with Crippen LogP contribution in [0, 0.1) is 0 Å². The summed E-state index contributed by atoms with van der Waals surface area (Å²) in [6, 6.07) is 12.2. The number of benzene rings is 1. The molecule has 0 radical (unpaired) electrons. The van der Waals surface area contributed by atoms with Crippen LogP contribution in [0.4, 0.5) is 0 Å². The van der Waals surface area contributed by atoms with E-state index in [4.69, 9.17) is 4.74 Å². The molecule has 0 saturated carbocycles. The van der Waals surface area contributed by atoms with Gasteiger partial charge in [-0.2, -0.15) is 0 Å². The number of methoxy groups -OCH3 is 1. The van der Waals surface area contributed by atoms with Crippen LogP contribution in [0.3, 0.4) is 0 Å². The van der Waals surface area contributed by atoms with E-state index in [1.54, 1.807) is 18.4 Å². The maximum absolute atomic E-state index is 5.16. The van der Waals surface area contributed by atoms with Crippen molar-refractivity contribution in [1.29, 1.82) is 0 Å². The van der Waals surface area contributed by atoms with Gasteiger partial charge in [0, 0.05) is 11.3 Å². The molecule has 2 heterocycles. The molecule has 0 unspecified atom stereocenters. The summed E-state index contributed by atoms with van der Waals surface area (Å²) in [4.78, 5) is 2.41. The molecule has 0 aliphatic heterocycles. The van der Waals surface area contributed by atoms with Crippen molar-refractivity contribution >= 4 is 22.9 Å². The number of hydrogen-bond donors (Lipinski definition) is 0. The van der Waals surface area contributed by atoms with Gasteiger partial charge in [-0.05, 0) is 40.7 Å². The Hall–Kier alpha value is -1.72. The molecule has 96 valence electrons. The largest absolute Gasteiger partial charge is 0.497 e. The highest BCUT2D eigenvalue weighted by Crippen LogP contribution is 2.31. The average molecular weight is 288 g/mol. The van der Waals surface area contributed by atoms with E-state index in [2.05, 4.69) is 39.2 Å². The van der Waals surface area contributed by atoms with Crippen molar-refractivity contribution in [3.8, 4) is 15.5 Å². The lowest BCUT2D eigenvalue weighted by Crippen LogP contribution is -1.91. The zero-order valence-electron chi connectivity index (χ0n) is 10.4. The van der Waals surface area contributed by atoms with Crippen LogP contribution in [-0.4, -0.2) is 16.7 Å². The molecular weight excluding hydrogens is 276 g/mol. The lowest BCUT2D eigenvalue weighted by molar-refractivity contribution is 0.414. The fraction of sp³-hybridized carbons (Fsp3) is 0.143. The third-order valence-electron chi connectivity index (χ3n) is 2.83. The Bertz CT molecular complexity index is 644. The van der Waals surface area contributed by atoms with Crippen molar-refractivity contribution in [1.82, 2.24) is 9.59 Å². The van der Waals surface area contributed by atoms with Gasteiger partial charge in [0.25, 0.3) is 0 Å². The first-order valence-electron chi connectivity index (χ1n) is 5.85. The zero-order chi connectivity index (χ0) is 13.1. The zero-order valence-corrected chi connectivity index (χ0v) is 12.0. The minimum absolute atomic E-state index is 0.799. The molecular formula is C14H12N2OS2. The van der Waals surface area contributed by atoms with Gasteiger partial charge in [0.15, 0.2) is 0 Å². The lowest BCUT2D eigenvalue weighted by atomic mass is 10.1. The standard InChI is InChI=1S/C14H12N2OS2/c1-17-11-6-4-10(5-7-11)9-12-14(19-16-15-12)13-3-2-8-18-13/h2-8H,9H2,1H3. The molecule has 3 rings (SSSR count). The first-order chi connectivity index (χ1) is 9.36. The van der Waals surface area contributed by atoms with E-state index < -0.39 is 0 Å². The van der Waals surface area contributed by atoms with Gasteiger partial charge >= 0.3 is 0 Å². The second-order valence-corrected chi connectivity index (χ2v) is 5.75. The highest BCUT2D eigenvalue weighted by Gasteiger charge is 2.11. The van der Waals surface area contributed by atoms with E-state index in [-0.39, 0.29) is 0 Å². The Balaban J connectivity index is 1.85. The predicted molar refractivity (Wildman–Crippen MR) is 79.0 cm³/mol. The minimum Gasteiger partial charge on any atom is -0.497 e. The highest BCUT2D eigenvalue weighted by atomic mass is 32.1. The normalized spacial score (nSPS) is 10.6. The molecule has 0 spiro atoms. The molecule has 1 aromatic carbocycles. The Morgan fingerprint density at radius 1 is 1.16 bits per heavy atom. The topological polar surface area (TPSA) is 35.0 Å². The van der Waals surface area contributed by atoms with E-state index in [0.717, 1.165) is 17.9 Å². The summed E-state index contributed by atoms with van der Waals surface area (Å²) in [6.07, 6.45) is 0.799. The summed E-state index contributed by atoms with van der Waals surface area (Å²) >= 11 is 3.18. The SMILES string of the molecule is COc1ccc(Cc2nnsc2-c2cccs2)cc1. The van der Waals surface area contributed by atoms with E-state index >= 15 is 0 Å². The summed E-state index contributed by atoms with van der Waals surface area (Å²) in [5.74, 6) is 0.874. The summed E-state index contributed by atoms with van der Waals surface area (Å²) < 4.78 is 9.24. The molecule has 0 aliphatic rings. The van der Waals surface area contributed by atoms with Gasteiger partial charge in [-0.1, -0.05) is 22.7 Å². The molecule has 0 N–H and O–H groups in total. The number of nitrogens with zero attached hydrogens (tertiary/aromatic N) is 2. The summed E-state index contributed by atoms with van der Waals surface area (Å²) in [7, 11) is 1.67. The van der Waals surface area contributed by atoms with Crippen LogP contribution in [0.25, 0.3) is 9.75 Å². The Morgan fingerprint density at radius 3 is 2.68 bits per heavy atom. The summed E-state index contributed by atoms with van der Waals surface area (Å²) in [5.41, 5.74) is 2.25. The Kier molecular flexibility index (Phi) is 3.57. The fourth-order valence-electron chi connectivity index (χ4n) is 1.86. The number of ether oxygens (including phenoxy) is 1. The maximum atomic E-state index is 5.16. The van der Waals surface area contributed by atoms with Crippen LogP contribution < -0.4 is 4.74 Å². The van der Waals surface area contributed by atoms with Gasteiger partial charge < -0.3 is 4.74 Å². The van der Waals surface area contributed by atoms with Gasteiger partial charge in [0.05, 0.1) is 17.7 Å². The van der Waals surface area contributed by atoms with Gasteiger partial charge in [-0.15, -0.1) is 16.4 Å². The summed E-state index contributed by atoms with van der Waals surface area (Å²) in [5, 5.41) is 6.33. The van der Waals surface area contributed by atoms with Gasteiger partial charge in [0.1, 0.15) is 5.75 Å². The van der Waals surface area contributed by atoms with Gasteiger partial charge in [-0.3, -0.25) is 0 Å². The van der Waals surface area contributed by atoms with Crippen molar-refractivity contribution in [3.63, 3.8) is 0 Å². The third kappa shape index (κ3) is 2.67. The number of hydrogen-bond acceptors (Lipinski definition) is 5. The molecule has 5 heteroatoms. The smallest absolute Gasteiger partial charge is 0.118 e. The predicted octanol–water partition coefficient (Wildman–Crippen LogP) is 3.87. The summed E-state index contributed by atoms with van der Waals surface area (Å²) in [6.45, 7) is 0.